The number of carbonyl (C=O) groups excluding carboxylic acids is 1. The average molecular weight is 413 g/mol. The molecule has 0 radical (unpaired) electrons. The van der Waals surface area contributed by atoms with Gasteiger partial charge in [-0.25, -0.2) is 4.39 Å². The summed E-state index contributed by atoms with van der Waals surface area (Å²) in [6.45, 7) is 8.06. The fourth-order valence-electron chi connectivity index (χ4n) is 3.05. The van der Waals surface area contributed by atoms with Gasteiger partial charge in [-0.1, -0.05) is 43.8 Å². The number of para-hydroxylation sites is 1. The second-order valence-corrected chi connectivity index (χ2v) is 8.62. The molecule has 0 unspecified atom stereocenters. The summed E-state index contributed by atoms with van der Waals surface area (Å²) in [7, 11) is 1.84. The van der Waals surface area contributed by atoms with Crippen molar-refractivity contribution in [2.45, 2.75) is 44.0 Å². The first-order valence-electron chi connectivity index (χ1n) is 9.50. The minimum atomic E-state index is -0.362. The number of carbonyl (C=O) groups is 1. The van der Waals surface area contributed by atoms with Crippen LogP contribution in [0.5, 0.6) is 0 Å². The molecule has 0 bridgehead atoms. The SMILES string of the molecule is Cc1cccc(C(C)C)c1NC(=O)[C@@H](C)Sc1nnc(-c2ccc(F)cc2)n1C. The summed E-state index contributed by atoms with van der Waals surface area (Å²) in [5.74, 6) is 0.552. The van der Waals surface area contributed by atoms with Gasteiger partial charge in [-0.05, 0) is 55.2 Å². The van der Waals surface area contributed by atoms with E-state index < -0.39 is 0 Å². The van der Waals surface area contributed by atoms with E-state index in [0.29, 0.717) is 16.9 Å². The lowest BCUT2D eigenvalue weighted by atomic mass is 9.98. The van der Waals surface area contributed by atoms with Gasteiger partial charge in [0.1, 0.15) is 5.82 Å². The van der Waals surface area contributed by atoms with Gasteiger partial charge in [-0.15, -0.1) is 10.2 Å². The molecule has 152 valence electrons. The standard InChI is InChI=1S/C22H25FN4OS/c1-13(2)18-8-6-7-14(3)19(18)24-21(28)15(4)29-22-26-25-20(27(22)5)16-9-11-17(23)12-10-16/h6-13,15H,1-5H3,(H,24,28)/t15-/m1/s1. The highest BCUT2D eigenvalue weighted by molar-refractivity contribution is 8.00. The number of amides is 1. The van der Waals surface area contributed by atoms with Gasteiger partial charge in [0.05, 0.1) is 5.25 Å². The van der Waals surface area contributed by atoms with Crippen LogP contribution in [0, 0.1) is 12.7 Å². The molecule has 5 nitrogen and oxygen atoms in total. The van der Waals surface area contributed by atoms with E-state index in [1.165, 1.54) is 23.9 Å². The van der Waals surface area contributed by atoms with E-state index in [0.717, 1.165) is 22.4 Å². The number of hydrogen-bond donors (Lipinski definition) is 1. The Morgan fingerprint density at radius 1 is 1.10 bits per heavy atom. The Balaban J connectivity index is 1.75. The Hall–Kier alpha value is -2.67. The van der Waals surface area contributed by atoms with Gasteiger partial charge in [0.25, 0.3) is 0 Å². The number of aryl methyl sites for hydroxylation is 1. The smallest absolute Gasteiger partial charge is 0.237 e. The highest BCUT2D eigenvalue weighted by Crippen LogP contribution is 2.30. The van der Waals surface area contributed by atoms with E-state index in [-0.39, 0.29) is 17.0 Å². The number of nitrogens with zero attached hydrogens (tertiary/aromatic N) is 3. The lowest BCUT2D eigenvalue weighted by molar-refractivity contribution is -0.115. The zero-order chi connectivity index (χ0) is 21.1. The van der Waals surface area contributed by atoms with E-state index in [1.54, 1.807) is 12.1 Å². The van der Waals surface area contributed by atoms with Gasteiger partial charge in [-0.3, -0.25) is 4.79 Å². The maximum absolute atomic E-state index is 13.2. The Morgan fingerprint density at radius 2 is 1.79 bits per heavy atom. The fourth-order valence-corrected chi connectivity index (χ4v) is 3.86. The molecule has 3 rings (SSSR count). The quantitative estimate of drug-likeness (QED) is 0.567. The number of anilines is 1. The van der Waals surface area contributed by atoms with Crippen molar-refractivity contribution < 1.29 is 9.18 Å². The van der Waals surface area contributed by atoms with Crippen molar-refractivity contribution in [3.63, 3.8) is 0 Å². The van der Waals surface area contributed by atoms with E-state index in [4.69, 9.17) is 0 Å². The predicted molar refractivity (Wildman–Crippen MR) is 116 cm³/mol. The molecule has 0 saturated heterocycles. The molecular formula is C22H25FN4OS. The van der Waals surface area contributed by atoms with Gasteiger partial charge < -0.3 is 9.88 Å². The fraction of sp³-hybridized carbons (Fsp3) is 0.318. The Kier molecular flexibility index (Phi) is 6.37. The zero-order valence-corrected chi connectivity index (χ0v) is 18.0. The van der Waals surface area contributed by atoms with Crippen LogP contribution in [0.15, 0.2) is 47.6 Å². The van der Waals surface area contributed by atoms with Crippen LogP contribution < -0.4 is 5.32 Å². The molecule has 2 aromatic carbocycles. The van der Waals surface area contributed by atoms with E-state index in [2.05, 4.69) is 29.4 Å². The van der Waals surface area contributed by atoms with Crippen molar-refractivity contribution in [3.8, 4) is 11.4 Å². The van der Waals surface area contributed by atoms with Crippen LogP contribution in [0.2, 0.25) is 0 Å². The summed E-state index contributed by atoms with van der Waals surface area (Å²) < 4.78 is 15.0. The Labute approximate surface area is 174 Å². The summed E-state index contributed by atoms with van der Waals surface area (Å²) in [5.41, 5.74) is 3.81. The minimum absolute atomic E-state index is 0.0856. The number of halogens is 1. The summed E-state index contributed by atoms with van der Waals surface area (Å²) in [4.78, 5) is 12.8. The van der Waals surface area contributed by atoms with Crippen molar-refractivity contribution in [1.82, 2.24) is 14.8 Å². The number of hydrogen-bond acceptors (Lipinski definition) is 4. The summed E-state index contributed by atoms with van der Waals surface area (Å²) in [6.07, 6.45) is 0. The highest BCUT2D eigenvalue weighted by Gasteiger charge is 2.21. The number of rotatable bonds is 6. The van der Waals surface area contributed by atoms with Crippen LogP contribution in [-0.2, 0) is 11.8 Å². The van der Waals surface area contributed by atoms with Crippen molar-refractivity contribution >= 4 is 23.4 Å². The minimum Gasteiger partial charge on any atom is -0.325 e. The molecule has 1 N–H and O–H groups in total. The monoisotopic (exact) mass is 412 g/mol. The van der Waals surface area contributed by atoms with Crippen molar-refractivity contribution in [2.75, 3.05) is 5.32 Å². The third-order valence-corrected chi connectivity index (χ3v) is 5.90. The topological polar surface area (TPSA) is 59.8 Å². The molecular weight excluding hydrogens is 387 g/mol. The maximum atomic E-state index is 13.2. The summed E-state index contributed by atoms with van der Waals surface area (Å²) in [6, 6.07) is 12.2. The van der Waals surface area contributed by atoms with Crippen molar-refractivity contribution in [2.24, 2.45) is 7.05 Å². The number of nitrogens with one attached hydrogen (secondary N) is 1. The molecule has 0 spiro atoms. The third kappa shape index (κ3) is 4.67. The summed E-state index contributed by atoms with van der Waals surface area (Å²) >= 11 is 1.34. The van der Waals surface area contributed by atoms with Gasteiger partial charge in [0.2, 0.25) is 5.91 Å². The van der Waals surface area contributed by atoms with Crippen molar-refractivity contribution in [1.29, 1.82) is 0 Å². The van der Waals surface area contributed by atoms with E-state index in [1.807, 2.05) is 43.7 Å². The first-order valence-corrected chi connectivity index (χ1v) is 10.4. The highest BCUT2D eigenvalue weighted by atomic mass is 32.2. The maximum Gasteiger partial charge on any atom is 0.237 e. The lowest BCUT2D eigenvalue weighted by Gasteiger charge is -2.18. The van der Waals surface area contributed by atoms with Gasteiger partial charge in [0, 0.05) is 18.3 Å². The van der Waals surface area contributed by atoms with Crippen LogP contribution in [0.3, 0.4) is 0 Å². The first-order chi connectivity index (χ1) is 13.8. The number of aromatic nitrogens is 3. The molecule has 1 heterocycles. The van der Waals surface area contributed by atoms with Crippen LogP contribution in [0.4, 0.5) is 10.1 Å². The predicted octanol–water partition coefficient (Wildman–Crippen LogP) is 5.17. The van der Waals surface area contributed by atoms with Crippen LogP contribution in [0.1, 0.15) is 37.8 Å². The summed E-state index contributed by atoms with van der Waals surface area (Å²) in [5, 5.41) is 11.8. The van der Waals surface area contributed by atoms with Crippen LogP contribution >= 0.6 is 11.8 Å². The number of benzene rings is 2. The molecule has 1 atom stereocenters. The molecule has 0 aliphatic rings. The molecule has 0 saturated carbocycles. The third-order valence-electron chi connectivity index (χ3n) is 4.76. The molecule has 0 aliphatic carbocycles. The normalized spacial score (nSPS) is 12.2. The molecule has 0 fully saturated rings. The second kappa shape index (κ2) is 8.78. The van der Waals surface area contributed by atoms with Gasteiger partial charge in [-0.2, -0.15) is 0 Å². The van der Waals surface area contributed by atoms with Crippen LogP contribution in [-0.4, -0.2) is 25.9 Å². The molecule has 3 aromatic rings. The average Bonchev–Trinajstić information content (AvgIpc) is 3.04. The molecule has 7 heteroatoms. The lowest BCUT2D eigenvalue weighted by Crippen LogP contribution is -2.24. The van der Waals surface area contributed by atoms with Crippen LogP contribution in [0.25, 0.3) is 11.4 Å². The van der Waals surface area contributed by atoms with E-state index in [9.17, 15) is 9.18 Å². The van der Waals surface area contributed by atoms with E-state index >= 15 is 0 Å². The Morgan fingerprint density at radius 3 is 2.45 bits per heavy atom. The second-order valence-electron chi connectivity index (χ2n) is 7.32. The molecule has 29 heavy (non-hydrogen) atoms. The van der Waals surface area contributed by atoms with Gasteiger partial charge in [0.15, 0.2) is 11.0 Å². The van der Waals surface area contributed by atoms with Crippen molar-refractivity contribution in [3.05, 3.63) is 59.4 Å². The molecule has 0 aliphatic heterocycles. The Bertz CT molecular complexity index is 1010. The first kappa shape index (κ1) is 21.0. The molecule has 1 amide bonds. The number of thioether (sulfide) groups is 1. The largest absolute Gasteiger partial charge is 0.325 e. The zero-order valence-electron chi connectivity index (χ0n) is 17.2. The molecule has 1 aromatic heterocycles. The van der Waals surface area contributed by atoms with Gasteiger partial charge >= 0.3 is 0 Å².